The molecule has 1 aromatic carbocycles. The molecule has 1 heterocycles. The van der Waals surface area contributed by atoms with Gasteiger partial charge in [0.15, 0.2) is 0 Å². The lowest BCUT2D eigenvalue weighted by atomic mass is 9.97. The Morgan fingerprint density at radius 1 is 1.04 bits per heavy atom. The van der Waals surface area contributed by atoms with Crippen molar-refractivity contribution in [3.63, 3.8) is 0 Å². The van der Waals surface area contributed by atoms with Crippen LogP contribution in [0.25, 0.3) is 0 Å². The third-order valence-corrected chi connectivity index (χ3v) is 3.53. The molecule has 0 unspecified atom stereocenters. The Kier molecular flexibility index (Phi) is 6.07. The van der Waals surface area contributed by atoms with Crippen molar-refractivity contribution in [1.82, 2.24) is 15.8 Å². The third kappa shape index (κ3) is 5.14. The average Bonchev–Trinajstić information content (AvgIpc) is 2.64. The van der Waals surface area contributed by atoms with Gasteiger partial charge in [0, 0.05) is 29.1 Å². The fraction of sp³-hybridized carbons (Fsp3) is 0.211. The van der Waals surface area contributed by atoms with Gasteiger partial charge in [-0.25, -0.2) is 5.48 Å². The molecule has 2 amide bonds. The number of nitrogens with one attached hydrogen (secondary N) is 2. The number of carbonyl (C=O) groups excluding carboxylic acids is 2. The number of amides is 2. The molecule has 0 aliphatic rings. The highest BCUT2D eigenvalue weighted by molar-refractivity contribution is 5.97. The number of pyridine rings is 1. The van der Waals surface area contributed by atoms with Gasteiger partial charge in [-0.15, -0.1) is 0 Å². The molecular weight excluding hydrogens is 334 g/mol. The molecule has 26 heavy (non-hydrogen) atoms. The van der Waals surface area contributed by atoms with Crippen LogP contribution in [0.4, 0.5) is 0 Å². The zero-order valence-corrected chi connectivity index (χ0v) is 14.4. The molecule has 4 N–H and O–H groups in total. The predicted molar refractivity (Wildman–Crippen MR) is 94.1 cm³/mol. The van der Waals surface area contributed by atoms with Crippen LogP contribution in [-0.2, 0) is 4.79 Å². The van der Waals surface area contributed by atoms with Gasteiger partial charge in [-0.2, -0.15) is 0 Å². The van der Waals surface area contributed by atoms with E-state index in [1.165, 1.54) is 19.3 Å². The minimum atomic E-state index is -1.56. The molecule has 0 aliphatic heterocycles. The van der Waals surface area contributed by atoms with Crippen LogP contribution < -0.4 is 10.8 Å². The van der Waals surface area contributed by atoms with E-state index in [4.69, 9.17) is 5.21 Å². The van der Waals surface area contributed by atoms with Crippen molar-refractivity contribution in [2.24, 2.45) is 0 Å². The summed E-state index contributed by atoms with van der Waals surface area (Å²) in [6.45, 7) is 2.70. The van der Waals surface area contributed by atoms with Crippen molar-refractivity contribution in [3.8, 4) is 11.8 Å². The molecule has 0 saturated carbocycles. The number of nitrogens with zero attached hydrogens (tertiary/aromatic N) is 1. The number of benzene rings is 1. The van der Waals surface area contributed by atoms with Gasteiger partial charge in [-0.3, -0.25) is 19.8 Å². The third-order valence-electron chi connectivity index (χ3n) is 3.53. The first-order valence-corrected chi connectivity index (χ1v) is 7.80. The molecule has 1 atom stereocenters. The first-order chi connectivity index (χ1) is 12.3. The maximum absolute atomic E-state index is 12.3. The fourth-order valence-electron chi connectivity index (χ4n) is 2.13. The highest BCUT2D eigenvalue weighted by Gasteiger charge is 2.34. The van der Waals surface area contributed by atoms with E-state index in [-0.39, 0.29) is 0 Å². The maximum Gasteiger partial charge on any atom is 0.268 e. The van der Waals surface area contributed by atoms with Crippen molar-refractivity contribution in [1.29, 1.82) is 0 Å². The predicted octanol–water partition coefficient (Wildman–Crippen LogP) is 0.856. The highest BCUT2D eigenvalue weighted by atomic mass is 16.5. The Morgan fingerprint density at radius 2 is 1.58 bits per heavy atom. The van der Waals surface area contributed by atoms with Crippen LogP contribution in [0.3, 0.4) is 0 Å². The highest BCUT2D eigenvalue weighted by Crippen LogP contribution is 2.11. The Labute approximate surface area is 151 Å². The number of aliphatic hydroxyl groups is 1. The van der Waals surface area contributed by atoms with E-state index in [0.717, 1.165) is 5.56 Å². The summed E-state index contributed by atoms with van der Waals surface area (Å²) in [5.74, 6) is 4.48. The second-order valence-corrected chi connectivity index (χ2v) is 6.10. The lowest BCUT2D eigenvalue weighted by molar-refractivity contribution is -0.136. The van der Waals surface area contributed by atoms with Crippen molar-refractivity contribution in [2.75, 3.05) is 0 Å². The molecule has 134 valence electrons. The van der Waals surface area contributed by atoms with Gasteiger partial charge in [0.05, 0.1) is 5.60 Å². The van der Waals surface area contributed by atoms with E-state index in [9.17, 15) is 14.7 Å². The van der Waals surface area contributed by atoms with Crippen LogP contribution >= 0.6 is 0 Å². The summed E-state index contributed by atoms with van der Waals surface area (Å²) in [7, 11) is 0. The van der Waals surface area contributed by atoms with E-state index in [0.29, 0.717) is 11.1 Å². The zero-order valence-electron chi connectivity index (χ0n) is 14.4. The van der Waals surface area contributed by atoms with Crippen LogP contribution in [0.2, 0.25) is 0 Å². The first-order valence-electron chi connectivity index (χ1n) is 7.80. The van der Waals surface area contributed by atoms with Gasteiger partial charge in [-0.05, 0) is 50.2 Å². The molecule has 2 aromatic rings. The summed E-state index contributed by atoms with van der Waals surface area (Å²) in [4.78, 5) is 27.8. The summed E-state index contributed by atoms with van der Waals surface area (Å²) < 4.78 is 0. The summed E-state index contributed by atoms with van der Waals surface area (Å²) in [5, 5.41) is 21.1. The van der Waals surface area contributed by atoms with Gasteiger partial charge < -0.3 is 10.4 Å². The number of hydroxylamine groups is 1. The molecule has 0 radical (unpaired) electrons. The second kappa shape index (κ2) is 8.25. The first kappa shape index (κ1) is 19.1. The molecule has 0 spiro atoms. The number of rotatable bonds is 4. The Morgan fingerprint density at radius 3 is 2.08 bits per heavy atom. The summed E-state index contributed by atoms with van der Waals surface area (Å²) in [5.41, 5.74) is 1.70. The Hall–Kier alpha value is -3.21. The molecule has 7 heteroatoms. The maximum atomic E-state index is 12.3. The second-order valence-electron chi connectivity index (χ2n) is 6.10. The number of carbonyl (C=O) groups is 2. The topological polar surface area (TPSA) is 112 Å². The normalized spacial score (nSPS) is 11.7. The monoisotopic (exact) mass is 353 g/mol. The number of hydrogen-bond acceptors (Lipinski definition) is 5. The lowest BCUT2D eigenvalue weighted by Gasteiger charge is -2.28. The van der Waals surface area contributed by atoms with Gasteiger partial charge in [0.1, 0.15) is 6.04 Å². The number of hydrogen-bond donors (Lipinski definition) is 4. The van der Waals surface area contributed by atoms with Crippen LogP contribution in [0, 0.1) is 11.8 Å². The molecule has 0 aliphatic carbocycles. The Bertz CT molecular complexity index is 831. The number of aromatic nitrogens is 1. The molecule has 0 saturated heterocycles. The van der Waals surface area contributed by atoms with E-state index < -0.39 is 23.5 Å². The minimum absolute atomic E-state index is 0.291. The van der Waals surface area contributed by atoms with Gasteiger partial charge >= 0.3 is 0 Å². The smallest absolute Gasteiger partial charge is 0.268 e. The molecule has 7 nitrogen and oxygen atoms in total. The van der Waals surface area contributed by atoms with Crippen molar-refractivity contribution >= 4 is 11.8 Å². The van der Waals surface area contributed by atoms with Crippen LogP contribution in [0.15, 0.2) is 48.8 Å². The Balaban J connectivity index is 2.11. The zero-order chi connectivity index (χ0) is 19.2. The van der Waals surface area contributed by atoms with Gasteiger partial charge in [0.2, 0.25) is 0 Å². The standard InChI is InChI=1S/C19H19N3O4/c1-19(2,25)16(18(24)22-26)21-17(23)15-7-5-13(6-8-15)3-4-14-9-11-20-12-10-14/h5-12,16,25-26H,1-2H3,(H,21,23)(H,22,24)/t16-/m1/s1. The van der Waals surface area contributed by atoms with Crippen LogP contribution in [-0.4, -0.2) is 38.8 Å². The quantitative estimate of drug-likeness (QED) is 0.370. The van der Waals surface area contributed by atoms with Crippen molar-refractivity contribution in [2.45, 2.75) is 25.5 Å². The summed E-state index contributed by atoms with van der Waals surface area (Å²) >= 11 is 0. The molecular formula is C19H19N3O4. The van der Waals surface area contributed by atoms with E-state index >= 15 is 0 Å². The van der Waals surface area contributed by atoms with Crippen molar-refractivity contribution in [3.05, 3.63) is 65.5 Å². The lowest BCUT2D eigenvalue weighted by Crippen LogP contribution is -2.57. The SMILES string of the molecule is CC(C)(O)[C@H](NC(=O)c1ccc(C#Cc2ccncc2)cc1)C(=O)NO. The van der Waals surface area contributed by atoms with E-state index in [1.54, 1.807) is 48.8 Å². The molecule has 2 rings (SSSR count). The summed E-state index contributed by atoms with van der Waals surface area (Å²) in [6.07, 6.45) is 3.30. The van der Waals surface area contributed by atoms with Gasteiger partial charge in [0.25, 0.3) is 11.8 Å². The molecule has 0 bridgehead atoms. The fourth-order valence-corrected chi connectivity index (χ4v) is 2.13. The largest absolute Gasteiger partial charge is 0.388 e. The van der Waals surface area contributed by atoms with Crippen LogP contribution in [0.5, 0.6) is 0 Å². The van der Waals surface area contributed by atoms with E-state index in [2.05, 4.69) is 22.1 Å². The molecule has 0 fully saturated rings. The molecule has 1 aromatic heterocycles. The average molecular weight is 353 g/mol. The van der Waals surface area contributed by atoms with Crippen molar-refractivity contribution < 1.29 is 19.9 Å². The van der Waals surface area contributed by atoms with Crippen LogP contribution in [0.1, 0.15) is 35.3 Å². The van der Waals surface area contributed by atoms with E-state index in [1.807, 2.05) is 0 Å². The minimum Gasteiger partial charge on any atom is -0.388 e. The van der Waals surface area contributed by atoms with Gasteiger partial charge in [-0.1, -0.05) is 11.8 Å². The summed E-state index contributed by atoms with van der Waals surface area (Å²) in [6, 6.07) is 8.73.